The van der Waals surface area contributed by atoms with E-state index in [1.165, 1.54) is 22.2 Å². The van der Waals surface area contributed by atoms with Crippen molar-refractivity contribution in [2.45, 2.75) is 32.3 Å². The Labute approximate surface area is 199 Å². The van der Waals surface area contributed by atoms with Gasteiger partial charge in [-0.25, -0.2) is 0 Å². The van der Waals surface area contributed by atoms with Crippen molar-refractivity contribution in [3.05, 3.63) is 77.6 Å². The minimum atomic E-state index is -0.0604. The monoisotopic (exact) mass is 465 g/mol. The van der Waals surface area contributed by atoms with Crippen LogP contribution in [0.4, 0.5) is 0 Å². The molecule has 0 aliphatic carbocycles. The summed E-state index contributed by atoms with van der Waals surface area (Å²) in [7, 11) is 1.61. The molecular formula is C26H28ClN3O3. The highest BCUT2D eigenvalue weighted by Crippen LogP contribution is 2.40. The second-order valence-electron chi connectivity index (χ2n) is 8.44. The summed E-state index contributed by atoms with van der Waals surface area (Å²) >= 11 is 0. The number of pyridine rings is 1. The molecule has 1 aromatic carbocycles. The fourth-order valence-corrected chi connectivity index (χ4v) is 4.79. The summed E-state index contributed by atoms with van der Waals surface area (Å²) in [5.41, 5.74) is 5.93. The first-order valence-electron chi connectivity index (χ1n) is 11.0. The van der Waals surface area contributed by atoms with Crippen LogP contribution < -0.4 is 0 Å². The zero-order valence-electron chi connectivity index (χ0n) is 18.8. The molecule has 4 heterocycles. The normalized spacial score (nSPS) is 16.1. The number of carbonyl (C=O) groups excluding carboxylic acids is 1. The van der Waals surface area contributed by atoms with Crippen LogP contribution >= 0.6 is 12.4 Å². The number of furan rings is 1. The van der Waals surface area contributed by atoms with Gasteiger partial charge in [-0.15, -0.1) is 12.4 Å². The lowest BCUT2D eigenvalue weighted by atomic mass is 9.89. The largest absolute Gasteiger partial charge is 0.453 e. The van der Waals surface area contributed by atoms with Crippen LogP contribution in [0.25, 0.3) is 22.0 Å². The number of amides is 1. The number of aryl methyl sites for hydroxylation is 1. The van der Waals surface area contributed by atoms with E-state index in [0.29, 0.717) is 24.7 Å². The maximum Gasteiger partial charge on any atom is 0.289 e. The Morgan fingerprint density at radius 2 is 2.03 bits per heavy atom. The van der Waals surface area contributed by atoms with Gasteiger partial charge in [0, 0.05) is 60.7 Å². The molecule has 4 aromatic rings. The Morgan fingerprint density at radius 3 is 2.82 bits per heavy atom. The van der Waals surface area contributed by atoms with Crippen molar-refractivity contribution in [3.63, 3.8) is 0 Å². The molecule has 6 nitrogen and oxygen atoms in total. The van der Waals surface area contributed by atoms with Gasteiger partial charge in [0.25, 0.3) is 5.91 Å². The number of methoxy groups -OCH3 is 1. The van der Waals surface area contributed by atoms with Gasteiger partial charge < -0.3 is 19.0 Å². The van der Waals surface area contributed by atoms with Gasteiger partial charge in [0.1, 0.15) is 12.4 Å². The summed E-state index contributed by atoms with van der Waals surface area (Å²) in [6, 6.07) is 14.1. The molecule has 3 aromatic heterocycles. The van der Waals surface area contributed by atoms with E-state index in [1.807, 2.05) is 17.3 Å². The predicted octanol–water partition coefficient (Wildman–Crippen LogP) is 5.72. The molecule has 1 aliphatic heterocycles. The Bertz CT molecular complexity index is 1250. The summed E-state index contributed by atoms with van der Waals surface area (Å²) < 4.78 is 10.8. The number of fused-ring (bicyclic) bond motifs is 1. The molecule has 1 saturated heterocycles. The van der Waals surface area contributed by atoms with Gasteiger partial charge in [-0.05, 0) is 55.2 Å². The van der Waals surface area contributed by atoms with Crippen LogP contribution in [0, 0.1) is 6.92 Å². The Hall–Kier alpha value is -3.09. The number of halogens is 1. The number of likely N-dealkylation sites (tertiary alicyclic amines) is 1. The summed E-state index contributed by atoms with van der Waals surface area (Å²) in [6.45, 7) is 3.88. The summed E-state index contributed by atoms with van der Waals surface area (Å²) in [4.78, 5) is 23.0. The lowest BCUT2D eigenvalue weighted by Gasteiger charge is -2.32. The highest BCUT2D eigenvalue weighted by Gasteiger charge is 2.30. The fraction of sp³-hybridized carbons (Fsp3) is 0.308. The number of benzene rings is 1. The quantitative estimate of drug-likeness (QED) is 0.409. The van der Waals surface area contributed by atoms with Crippen LogP contribution in [0.1, 0.15) is 46.3 Å². The zero-order valence-corrected chi connectivity index (χ0v) is 19.7. The average Bonchev–Trinajstić information content (AvgIpc) is 3.45. The third-order valence-electron chi connectivity index (χ3n) is 6.32. The number of carbonyl (C=O) groups is 1. The maximum atomic E-state index is 13.1. The van der Waals surface area contributed by atoms with E-state index < -0.39 is 0 Å². The number of piperidine rings is 1. The number of ether oxygens (including phenoxy) is 1. The number of aromatic amines is 1. The number of nitrogens with one attached hydrogen (secondary N) is 1. The van der Waals surface area contributed by atoms with Gasteiger partial charge in [0.15, 0.2) is 5.76 Å². The molecule has 5 rings (SSSR count). The second-order valence-corrected chi connectivity index (χ2v) is 8.44. The number of para-hydroxylation sites is 1. The van der Waals surface area contributed by atoms with Crippen molar-refractivity contribution < 1.29 is 13.9 Å². The van der Waals surface area contributed by atoms with Gasteiger partial charge in [0.05, 0.1) is 0 Å². The number of hydrogen-bond donors (Lipinski definition) is 1. The predicted molar refractivity (Wildman–Crippen MR) is 131 cm³/mol. The van der Waals surface area contributed by atoms with E-state index in [-0.39, 0.29) is 24.2 Å². The van der Waals surface area contributed by atoms with Crippen LogP contribution in [0.5, 0.6) is 0 Å². The molecular weight excluding hydrogens is 438 g/mol. The van der Waals surface area contributed by atoms with Crippen molar-refractivity contribution in [2.24, 2.45) is 0 Å². The average molecular weight is 466 g/mol. The van der Waals surface area contributed by atoms with E-state index in [2.05, 4.69) is 47.2 Å². The SMILES string of the molecule is COCc1ccc(C(=O)N2CCCC(c3[nH]c4c(C)cccc4c3-c3ccncc3)C2)o1.Cl. The summed E-state index contributed by atoms with van der Waals surface area (Å²) in [5, 5.41) is 1.21. The summed E-state index contributed by atoms with van der Waals surface area (Å²) in [6.07, 6.45) is 5.64. The first-order valence-corrected chi connectivity index (χ1v) is 11.0. The first-order chi connectivity index (χ1) is 15.7. The van der Waals surface area contributed by atoms with E-state index in [4.69, 9.17) is 9.15 Å². The lowest BCUT2D eigenvalue weighted by Crippen LogP contribution is -2.39. The lowest BCUT2D eigenvalue weighted by molar-refractivity contribution is 0.0666. The van der Waals surface area contributed by atoms with Crippen LogP contribution in [0.2, 0.25) is 0 Å². The van der Waals surface area contributed by atoms with Crippen molar-refractivity contribution in [3.8, 4) is 11.1 Å². The van der Waals surface area contributed by atoms with E-state index in [1.54, 1.807) is 19.2 Å². The number of nitrogens with zero attached hydrogens (tertiary/aromatic N) is 2. The van der Waals surface area contributed by atoms with Gasteiger partial charge >= 0.3 is 0 Å². The Kier molecular flexibility index (Phi) is 6.86. The van der Waals surface area contributed by atoms with Crippen LogP contribution in [-0.4, -0.2) is 41.0 Å². The molecule has 1 aliphatic rings. The highest BCUT2D eigenvalue weighted by atomic mass is 35.5. The number of H-pyrrole nitrogens is 1. The minimum Gasteiger partial charge on any atom is -0.453 e. The molecule has 1 N–H and O–H groups in total. The smallest absolute Gasteiger partial charge is 0.289 e. The summed E-state index contributed by atoms with van der Waals surface area (Å²) in [5.74, 6) is 1.20. The molecule has 1 fully saturated rings. The van der Waals surface area contributed by atoms with Crippen LogP contribution in [0.3, 0.4) is 0 Å². The maximum absolute atomic E-state index is 13.1. The number of rotatable bonds is 5. The van der Waals surface area contributed by atoms with Crippen LogP contribution in [0.15, 0.2) is 59.3 Å². The highest BCUT2D eigenvalue weighted by molar-refractivity contribution is 5.99. The standard InChI is InChI=1S/C26H27N3O3.ClH/c1-17-5-3-7-21-23(18-10-12-27-13-11-18)25(28-24(17)21)19-6-4-14-29(15-19)26(30)22-9-8-20(32-22)16-31-2;/h3,5,7-13,19,28H,4,6,14-16H2,1-2H3;1H. The minimum absolute atomic E-state index is 0. The number of hydrogen-bond acceptors (Lipinski definition) is 4. The Balaban J connectivity index is 0.00000259. The third-order valence-corrected chi connectivity index (χ3v) is 6.32. The van der Waals surface area contributed by atoms with Crippen molar-refractivity contribution in [2.75, 3.05) is 20.2 Å². The zero-order chi connectivity index (χ0) is 22.1. The van der Waals surface area contributed by atoms with Crippen molar-refractivity contribution in [1.82, 2.24) is 14.9 Å². The molecule has 0 bridgehead atoms. The van der Waals surface area contributed by atoms with Gasteiger partial charge in [-0.3, -0.25) is 9.78 Å². The van der Waals surface area contributed by atoms with E-state index >= 15 is 0 Å². The Morgan fingerprint density at radius 1 is 1.21 bits per heavy atom. The molecule has 33 heavy (non-hydrogen) atoms. The molecule has 172 valence electrons. The van der Waals surface area contributed by atoms with E-state index in [0.717, 1.165) is 30.5 Å². The fourth-order valence-electron chi connectivity index (χ4n) is 4.79. The third kappa shape index (κ3) is 4.41. The van der Waals surface area contributed by atoms with Gasteiger partial charge in [-0.2, -0.15) is 0 Å². The van der Waals surface area contributed by atoms with E-state index in [9.17, 15) is 4.79 Å². The van der Waals surface area contributed by atoms with Gasteiger partial charge in [0.2, 0.25) is 0 Å². The molecule has 0 spiro atoms. The second kappa shape index (κ2) is 9.81. The molecule has 1 amide bonds. The first kappa shape index (κ1) is 23.1. The van der Waals surface area contributed by atoms with Crippen molar-refractivity contribution in [1.29, 1.82) is 0 Å². The molecule has 1 unspecified atom stereocenters. The number of aromatic nitrogens is 2. The molecule has 0 saturated carbocycles. The topological polar surface area (TPSA) is 71.4 Å². The van der Waals surface area contributed by atoms with Gasteiger partial charge in [-0.1, -0.05) is 18.2 Å². The molecule has 7 heteroatoms. The molecule has 1 atom stereocenters. The molecule has 0 radical (unpaired) electrons. The van der Waals surface area contributed by atoms with Crippen LogP contribution in [-0.2, 0) is 11.3 Å². The van der Waals surface area contributed by atoms with Crippen molar-refractivity contribution >= 4 is 29.2 Å².